The van der Waals surface area contributed by atoms with E-state index in [1.54, 1.807) is 23.1 Å². The topological polar surface area (TPSA) is 64.0 Å². The molecule has 9 heteroatoms. The molecule has 0 aromatic carbocycles. The summed E-state index contributed by atoms with van der Waals surface area (Å²) in [7, 11) is 0. The van der Waals surface area contributed by atoms with Gasteiger partial charge in [0, 0.05) is 19.2 Å². The summed E-state index contributed by atoms with van der Waals surface area (Å²) in [5.74, 6) is 0.892. The number of anilines is 1. The third-order valence-electron chi connectivity index (χ3n) is 3.98. The summed E-state index contributed by atoms with van der Waals surface area (Å²) in [5, 5.41) is 9.62. The van der Waals surface area contributed by atoms with Crippen molar-refractivity contribution in [1.29, 1.82) is 0 Å². The normalized spacial score (nSPS) is 19.8. The monoisotopic (exact) mass is 369 g/mol. The highest BCUT2D eigenvalue weighted by Gasteiger charge is 2.48. The molecule has 0 radical (unpaired) electrons. The molecule has 1 saturated heterocycles. The molecule has 0 spiro atoms. The van der Waals surface area contributed by atoms with Crippen LogP contribution in [0.15, 0.2) is 10.4 Å². The van der Waals surface area contributed by atoms with Crippen LogP contribution in [0.2, 0.25) is 5.28 Å². The fraction of sp³-hybridized carbons (Fsp3) is 0.571. The molecule has 0 amide bonds. The second-order valence-corrected chi connectivity index (χ2v) is 8.81. The Labute approximate surface area is 147 Å². The van der Waals surface area contributed by atoms with Crippen LogP contribution in [0.4, 0.5) is 5.82 Å². The first kappa shape index (κ1) is 15.6. The zero-order valence-corrected chi connectivity index (χ0v) is 15.0. The Morgan fingerprint density at radius 2 is 2.04 bits per heavy atom. The van der Waals surface area contributed by atoms with Gasteiger partial charge in [0.05, 0.1) is 23.7 Å². The maximum Gasteiger partial charge on any atom is 0.224 e. The molecule has 1 aliphatic carbocycles. The van der Waals surface area contributed by atoms with Gasteiger partial charge in [0.25, 0.3) is 0 Å². The molecule has 0 unspecified atom stereocenters. The lowest BCUT2D eigenvalue weighted by atomic mass is 10.2. The minimum absolute atomic E-state index is 0.0282. The van der Waals surface area contributed by atoms with Gasteiger partial charge in [-0.3, -0.25) is 0 Å². The van der Waals surface area contributed by atoms with Gasteiger partial charge in [-0.25, -0.2) is 9.97 Å². The first-order chi connectivity index (χ1) is 11.1. The lowest BCUT2D eigenvalue weighted by Crippen LogP contribution is -2.37. The maximum atomic E-state index is 6.20. The number of hydrogen-bond acceptors (Lipinski definition) is 8. The summed E-state index contributed by atoms with van der Waals surface area (Å²) in [6.45, 7) is 5.09. The van der Waals surface area contributed by atoms with Crippen LogP contribution >= 0.6 is 34.7 Å². The molecule has 2 aromatic heterocycles. The van der Waals surface area contributed by atoms with Crippen LogP contribution in [-0.4, -0.2) is 46.5 Å². The molecule has 0 N–H and O–H groups in total. The van der Waals surface area contributed by atoms with Crippen molar-refractivity contribution in [3.8, 4) is 0 Å². The smallest absolute Gasteiger partial charge is 0.224 e. The number of hydrogen-bond donors (Lipinski definition) is 0. The predicted molar refractivity (Wildman–Crippen MR) is 91.5 cm³/mol. The van der Waals surface area contributed by atoms with Crippen LogP contribution in [0.5, 0.6) is 0 Å². The molecule has 2 aromatic rings. The zero-order valence-electron chi connectivity index (χ0n) is 12.7. The molecular weight excluding hydrogens is 354 g/mol. The van der Waals surface area contributed by atoms with Crippen LogP contribution in [0.1, 0.15) is 23.5 Å². The molecular formula is C14H16ClN5OS2. The van der Waals surface area contributed by atoms with Crippen LogP contribution in [-0.2, 0) is 9.48 Å². The average molecular weight is 370 g/mol. The Bertz CT molecular complexity index is 715. The van der Waals surface area contributed by atoms with Crippen LogP contribution in [0.25, 0.3) is 0 Å². The molecule has 23 heavy (non-hydrogen) atoms. The van der Waals surface area contributed by atoms with E-state index in [-0.39, 0.29) is 4.75 Å². The highest BCUT2D eigenvalue weighted by molar-refractivity contribution is 8.02. The van der Waals surface area contributed by atoms with Crippen molar-refractivity contribution in [3.05, 3.63) is 22.1 Å². The first-order valence-electron chi connectivity index (χ1n) is 7.51. The summed E-state index contributed by atoms with van der Waals surface area (Å²) >= 11 is 9.57. The van der Waals surface area contributed by atoms with E-state index < -0.39 is 0 Å². The number of halogens is 1. The summed E-state index contributed by atoms with van der Waals surface area (Å²) < 4.78 is 6.37. The zero-order chi connectivity index (χ0) is 15.9. The minimum atomic E-state index is -0.0282. The van der Waals surface area contributed by atoms with Gasteiger partial charge in [-0.1, -0.05) is 23.1 Å². The molecule has 2 aliphatic rings. The number of rotatable bonds is 4. The van der Waals surface area contributed by atoms with E-state index in [0.29, 0.717) is 5.28 Å². The third kappa shape index (κ3) is 3.31. The number of nitrogens with zero attached hydrogens (tertiary/aromatic N) is 5. The van der Waals surface area contributed by atoms with Crippen molar-refractivity contribution in [1.82, 2.24) is 20.2 Å². The first-order valence-corrected chi connectivity index (χ1v) is 9.53. The SMILES string of the molecule is Cc1nnc(SC2(c3cc(N4CCOCC4)nc(Cl)n3)CC2)s1. The fourth-order valence-corrected chi connectivity index (χ4v) is 5.14. The van der Waals surface area contributed by atoms with Crippen molar-refractivity contribution >= 4 is 40.5 Å². The fourth-order valence-electron chi connectivity index (χ4n) is 2.60. The van der Waals surface area contributed by atoms with Crippen molar-refractivity contribution in [2.45, 2.75) is 28.9 Å². The summed E-state index contributed by atoms with van der Waals surface area (Å²) in [6, 6.07) is 2.07. The number of thioether (sulfide) groups is 1. The largest absolute Gasteiger partial charge is 0.378 e. The van der Waals surface area contributed by atoms with Gasteiger partial charge in [-0.2, -0.15) is 0 Å². The second kappa shape index (κ2) is 6.16. The summed E-state index contributed by atoms with van der Waals surface area (Å²) in [6.07, 6.45) is 2.15. The van der Waals surface area contributed by atoms with E-state index in [2.05, 4.69) is 31.1 Å². The summed E-state index contributed by atoms with van der Waals surface area (Å²) in [5.41, 5.74) is 0.997. The number of ether oxygens (including phenoxy) is 1. The van der Waals surface area contributed by atoms with Gasteiger partial charge < -0.3 is 9.64 Å². The Balaban J connectivity index is 1.61. The van der Waals surface area contributed by atoms with Crippen LogP contribution in [0, 0.1) is 6.92 Å². The Morgan fingerprint density at radius 3 is 2.70 bits per heavy atom. The Morgan fingerprint density at radius 1 is 1.26 bits per heavy atom. The highest BCUT2D eigenvalue weighted by Crippen LogP contribution is 2.59. The lowest BCUT2D eigenvalue weighted by Gasteiger charge is -2.28. The third-order valence-corrected chi connectivity index (χ3v) is 6.55. The van der Waals surface area contributed by atoms with E-state index in [0.717, 1.165) is 60.0 Å². The summed E-state index contributed by atoms with van der Waals surface area (Å²) in [4.78, 5) is 11.1. The lowest BCUT2D eigenvalue weighted by molar-refractivity contribution is 0.122. The minimum Gasteiger partial charge on any atom is -0.378 e. The van der Waals surface area contributed by atoms with Crippen LogP contribution < -0.4 is 4.90 Å². The Hall–Kier alpha value is -0.960. The molecule has 2 fully saturated rings. The molecule has 0 bridgehead atoms. The molecule has 0 atom stereocenters. The second-order valence-electron chi connectivity index (χ2n) is 5.66. The number of aryl methyl sites for hydroxylation is 1. The van der Waals surface area contributed by atoms with Gasteiger partial charge in [0.1, 0.15) is 10.8 Å². The van der Waals surface area contributed by atoms with Crippen LogP contribution in [0.3, 0.4) is 0 Å². The van der Waals surface area contributed by atoms with E-state index in [9.17, 15) is 0 Å². The maximum absolute atomic E-state index is 6.20. The molecule has 3 heterocycles. The highest BCUT2D eigenvalue weighted by atomic mass is 35.5. The number of aromatic nitrogens is 4. The van der Waals surface area contributed by atoms with E-state index in [1.807, 2.05) is 6.92 Å². The van der Waals surface area contributed by atoms with E-state index >= 15 is 0 Å². The van der Waals surface area contributed by atoms with Gasteiger partial charge in [0.15, 0.2) is 4.34 Å². The molecule has 1 saturated carbocycles. The standard InChI is InChI=1S/C14H16ClN5OS2/c1-9-18-19-13(22-9)23-14(2-3-14)10-8-11(17-12(15)16-10)20-4-6-21-7-5-20/h8H,2-7H2,1H3. The van der Waals surface area contributed by atoms with Crippen molar-refractivity contribution in [2.75, 3.05) is 31.2 Å². The molecule has 122 valence electrons. The van der Waals surface area contributed by atoms with E-state index in [4.69, 9.17) is 16.3 Å². The molecule has 6 nitrogen and oxygen atoms in total. The Kier molecular flexibility index (Phi) is 4.17. The number of morpholine rings is 1. The van der Waals surface area contributed by atoms with Crippen molar-refractivity contribution in [3.63, 3.8) is 0 Å². The van der Waals surface area contributed by atoms with Gasteiger partial charge in [-0.05, 0) is 31.4 Å². The van der Waals surface area contributed by atoms with Gasteiger partial charge in [0.2, 0.25) is 5.28 Å². The van der Waals surface area contributed by atoms with E-state index in [1.165, 1.54) is 0 Å². The van der Waals surface area contributed by atoms with Crippen molar-refractivity contribution in [2.24, 2.45) is 0 Å². The van der Waals surface area contributed by atoms with Gasteiger partial charge >= 0.3 is 0 Å². The quantitative estimate of drug-likeness (QED) is 0.767. The van der Waals surface area contributed by atoms with Crippen molar-refractivity contribution < 1.29 is 4.74 Å². The average Bonchev–Trinajstić information content (AvgIpc) is 3.23. The molecule has 1 aliphatic heterocycles. The van der Waals surface area contributed by atoms with Gasteiger partial charge in [-0.15, -0.1) is 10.2 Å². The predicted octanol–water partition coefficient (Wildman–Crippen LogP) is 2.91. The molecule has 4 rings (SSSR count).